The minimum Gasteiger partial charge on any atom is -0.479 e. The Morgan fingerprint density at radius 2 is 1.79 bits per heavy atom. The van der Waals surface area contributed by atoms with Crippen LogP contribution >= 0.6 is 12.6 Å². The maximum atomic E-state index is 13.0. The van der Waals surface area contributed by atoms with Crippen molar-refractivity contribution in [1.29, 1.82) is 0 Å². The largest absolute Gasteiger partial charge is 0.479 e. The molecule has 0 saturated carbocycles. The van der Waals surface area contributed by atoms with Crippen molar-refractivity contribution < 1.29 is 19.5 Å². The highest BCUT2D eigenvalue weighted by atomic mass is 32.1. The molecule has 0 bridgehead atoms. The number of amides is 1. The summed E-state index contributed by atoms with van der Waals surface area (Å²) in [6.07, 6.45) is 0.441. The molecule has 3 atom stereocenters. The van der Waals surface area contributed by atoms with Crippen molar-refractivity contribution >= 4 is 36.0 Å². The lowest BCUT2D eigenvalue weighted by Gasteiger charge is -2.27. The van der Waals surface area contributed by atoms with E-state index in [0.29, 0.717) is 12.1 Å². The number of carboxylic acid groups (broad SMARTS) is 1. The van der Waals surface area contributed by atoms with E-state index in [1.54, 1.807) is 24.3 Å². The van der Waals surface area contributed by atoms with Crippen molar-refractivity contribution in [2.75, 3.05) is 5.32 Å². The summed E-state index contributed by atoms with van der Waals surface area (Å²) >= 11 is 4.34. The van der Waals surface area contributed by atoms with E-state index >= 15 is 0 Å². The predicted molar refractivity (Wildman–Crippen MR) is 110 cm³/mol. The Balaban J connectivity index is 1.69. The lowest BCUT2D eigenvalue weighted by atomic mass is 9.87. The van der Waals surface area contributed by atoms with Gasteiger partial charge in [0.2, 0.25) is 11.4 Å². The molecule has 0 spiro atoms. The Hall–Kier alpha value is -2.80. The minimum atomic E-state index is -1.79. The molecule has 0 aliphatic carbocycles. The second-order valence-corrected chi connectivity index (χ2v) is 7.59. The number of fused-ring (bicyclic) bond motifs is 1. The number of hydrogen-bond acceptors (Lipinski definition) is 5. The summed E-state index contributed by atoms with van der Waals surface area (Å²) in [6.45, 7) is 1.50. The molecule has 1 amide bonds. The highest BCUT2D eigenvalue weighted by molar-refractivity contribution is 7.81. The van der Waals surface area contributed by atoms with Crippen LogP contribution in [0.2, 0.25) is 0 Å². The van der Waals surface area contributed by atoms with Crippen LogP contribution < -0.4 is 10.6 Å². The number of hydrogen-bond donors (Lipinski definition) is 4. The Morgan fingerprint density at radius 3 is 2.43 bits per heavy atom. The summed E-state index contributed by atoms with van der Waals surface area (Å²) in [4.78, 5) is 37.5. The molecule has 0 unspecified atom stereocenters. The van der Waals surface area contributed by atoms with Gasteiger partial charge in [-0.05, 0) is 30.5 Å². The number of carbonyl (C=O) groups excluding carboxylic acids is 2. The van der Waals surface area contributed by atoms with Gasteiger partial charge in [0.15, 0.2) is 5.78 Å². The SMILES string of the molecule is C[C@H](NC(=O)[C@@H](S)Cc1ccccc1)C(=O)[C@]1(C(=O)O)Cc2ccccc2N1. The van der Waals surface area contributed by atoms with Gasteiger partial charge in [-0.25, -0.2) is 4.79 Å². The molecule has 2 aromatic rings. The van der Waals surface area contributed by atoms with Crippen LogP contribution in [-0.4, -0.2) is 39.6 Å². The first kappa shape index (κ1) is 19.9. The maximum absolute atomic E-state index is 13.0. The molecule has 1 heterocycles. The van der Waals surface area contributed by atoms with Gasteiger partial charge < -0.3 is 15.7 Å². The molecule has 0 saturated heterocycles. The lowest BCUT2D eigenvalue weighted by Crippen LogP contribution is -2.59. The molecular formula is C21H22N2O4S. The average Bonchev–Trinajstić information content (AvgIpc) is 3.09. The fourth-order valence-electron chi connectivity index (χ4n) is 3.41. The molecule has 0 fully saturated rings. The Kier molecular flexibility index (Phi) is 5.74. The summed E-state index contributed by atoms with van der Waals surface area (Å²) in [5.41, 5.74) is 0.537. The molecule has 3 N–H and O–H groups in total. The van der Waals surface area contributed by atoms with Crippen LogP contribution in [0.5, 0.6) is 0 Å². The smallest absolute Gasteiger partial charge is 0.337 e. The number of aliphatic carboxylic acids is 1. The van der Waals surface area contributed by atoms with Crippen LogP contribution in [0.3, 0.4) is 0 Å². The predicted octanol–water partition coefficient (Wildman–Crippen LogP) is 2.09. The van der Waals surface area contributed by atoms with Crippen LogP contribution in [0, 0.1) is 0 Å². The van der Waals surface area contributed by atoms with E-state index in [0.717, 1.165) is 11.1 Å². The standard InChI is InChI=1S/C21H22N2O4S/c1-13(22-19(25)17(28)11-14-7-3-2-4-8-14)18(24)21(20(26)27)12-15-9-5-6-10-16(15)23-21/h2-10,13,17,23,28H,11-12H2,1H3,(H,22,25)(H,26,27)/t13-,17-,21-/m0/s1. The van der Waals surface area contributed by atoms with E-state index < -0.39 is 34.5 Å². The molecule has 6 nitrogen and oxygen atoms in total. The van der Waals surface area contributed by atoms with E-state index in [-0.39, 0.29) is 6.42 Å². The highest BCUT2D eigenvalue weighted by Crippen LogP contribution is 2.34. The van der Waals surface area contributed by atoms with Crippen LogP contribution in [0.4, 0.5) is 5.69 Å². The van der Waals surface area contributed by atoms with E-state index in [1.165, 1.54) is 6.92 Å². The van der Waals surface area contributed by atoms with E-state index in [4.69, 9.17) is 0 Å². The number of thiol groups is 1. The van der Waals surface area contributed by atoms with Crippen LogP contribution in [0.1, 0.15) is 18.1 Å². The number of anilines is 1. The van der Waals surface area contributed by atoms with Crippen molar-refractivity contribution in [2.45, 2.75) is 36.6 Å². The van der Waals surface area contributed by atoms with Crippen molar-refractivity contribution in [1.82, 2.24) is 5.32 Å². The molecule has 28 heavy (non-hydrogen) atoms. The monoisotopic (exact) mass is 398 g/mol. The zero-order chi connectivity index (χ0) is 20.3. The van der Waals surface area contributed by atoms with Crippen molar-refractivity contribution in [3.8, 4) is 0 Å². The van der Waals surface area contributed by atoms with E-state index in [2.05, 4.69) is 23.3 Å². The first-order valence-electron chi connectivity index (χ1n) is 8.99. The van der Waals surface area contributed by atoms with Gasteiger partial charge in [0, 0.05) is 12.1 Å². The van der Waals surface area contributed by atoms with Crippen LogP contribution in [0.15, 0.2) is 54.6 Å². The molecule has 3 rings (SSSR count). The number of carbonyl (C=O) groups is 3. The van der Waals surface area contributed by atoms with Crippen molar-refractivity contribution in [3.63, 3.8) is 0 Å². The van der Waals surface area contributed by atoms with Gasteiger partial charge in [0.05, 0.1) is 11.3 Å². The number of carboxylic acids is 1. The quantitative estimate of drug-likeness (QED) is 0.423. The van der Waals surface area contributed by atoms with Gasteiger partial charge >= 0.3 is 5.97 Å². The molecule has 7 heteroatoms. The van der Waals surface area contributed by atoms with Crippen molar-refractivity contribution in [3.05, 3.63) is 65.7 Å². The second kappa shape index (κ2) is 8.06. The minimum absolute atomic E-state index is 0.0336. The molecule has 1 aliphatic heterocycles. The zero-order valence-corrected chi connectivity index (χ0v) is 16.3. The number of nitrogens with one attached hydrogen (secondary N) is 2. The fourth-order valence-corrected chi connectivity index (χ4v) is 3.70. The number of Topliss-reactive ketones (excluding diaryl/α,β-unsaturated/α-hetero) is 1. The Labute approximate surface area is 168 Å². The second-order valence-electron chi connectivity index (χ2n) is 6.97. The first-order valence-corrected chi connectivity index (χ1v) is 9.51. The summed E-state index contributed by atoms with van der Waals surface area (Å²) in [5, 5.41) is 14.6. The molecule has 146 valence electrons. The summed E-state index contributed by atoms with van der Waals surface area (Å²) in [7, 11) is 0. The van der Waals surface area contributed by atoms with Gasteiger partial charge in [-0.3, -0.25) is 9.59 Å². The summed E-state index contributed by atoms with van der Waals surface area (Å²) < 4.78 is 0. The maximum Gasteiger partial charge on any atom is 0.337 e. The van der Waals surface area contributed by atoms with Crippen molar-refractivity contribution in [2.24, 2.45) is 0 Å². The van der Waals surface area contributed by atoms with Gasteiger partial charge in [-0.1, -0.05) is 48.5 Å². The molecule has 2 aromatic carbocycles. The molecule has 0 radical (unpaired) electrons. The zero-order valence-electron chi connectivity index (χ0n) is 15.4. The highest BCUT2D eigenvalue weighted by Gasteiger charge is 2.52. The third kappa shape index (κ3) is 3.89. The number of ketones is 1. The summed E-state index contributed by atoms with van der Waals surface area (Å²) in [5.74, 6) is -2.27. The normalized spacial score (nSPS) is 19.8. The van der Waals surface area contributed by atoms with Crippen LogP contribution in [0.25, 0.3) is 0 Å². The number of rotatable bonds is 7. The van der Waals surface area contributed by atoms with Gasteiger partial charge in [0.25, 0.3) is 0 Å². The van der Waals surface area contributed by atoms with Gasteiger partial charge in [-0.15, -0.1) is 0 Å². The Morgan fingerprint density at radius 1 is 1.14 bits per heavy atom. The number of para-hydroxylation sites is 1. The fraction of sp³-hybridized carbons (Fsp3) is 0.286. The third-order valence-electron chi connectivity index (χ3n) is 4.93. The Bertz CT molecular complexity index is 875. The van der Waals surface area contributed by atoms with Gasteiger partial charge in [0.1, 0.15) is 0 Å². The average molecular weight is 398 g/mol. The third-order valence-corrected chi connectivity index (χ3v) is 5.35. The molecule has 0 aromatic heterocycles. The van der Waals surface area contributed by atoms with Crippen LogP contribution in [-0.2, 0) is 27.2 Å². The van der Waals surface area contributed by atoms with E-state index in [9.17, 15) is 19.5 Å². The summed E-state index contributed by atoms with van der Waals surface area (Å²) in [6, 6.07) is 15.5. The molecule has 1 aliphatic rings. The first-order chi connectivity index (χ1) is 13.3. The van der Waals surface area contributed by atoms with Gasteiger partial charge in [-0.2, -0.15) is 12.6 Å². The lowest BCUT2D eigenvalue weighted by molar-refractivity contribution is -0.148. The number of benzene rings is 2. The van der Waals surface area contributed by atoms with E-state index in [1.807, 2.05) is 30.3 Å². The topological polar surface area (TPSA) is 95.5 Å². The molecular weight excluding hydrogens is 376 g/mol.